The van der Waals surface area contributed by atoms with Crippen molar-refractivity contribution in [3.63, 3.8) is 0 Å². The van der Waals surface area contributed by atoms with Crippen molar-refractivity contribution in [1.29, 1.82) is 0 Å². The van der Waals surface area contributed by atoms with Crippen LogP contribution >= 0.6 is 22.9 Å². The van der Waals surface area contributed by atoms with Crippen molar-refractivity contribution in [2.45, 2.75) is 25.3 Å². The summed E-state index contributed by atoms with van der Waals surface area (Å²) in [6, 6.07) is 15.5. The number of hydrogen-bond donors (Lipinski definition) is 5. The molecule has 0 saturated carbocycles. The number of ether oxygens (including phenoxy) is 1. The van der Waals surface area contributed by atoms with Gasteiger partial charge < -0.3 is 31.7 Å². The van der Waals surface area contributed by atoms with Gasteiger partial charge in [-0.1, -0.05) is 35.9 Å². The number of carbonyl (C=O) groups is 3. The molecule has 1 amide bonds. The normalized spacial score (nSPS) is 11.2. The highest BCUT2D eigenvalue weighted by Gasteiger charge is 2.38. The maximum absolute atomic E-state index is 12.0. The van der Waals surface area contributed by atoms with Gasteiger partial charge in [0.2, 0.25) is 0 Å². The fourth-order valence-electron chi connectivity index (χ4n) is 3.41. The minimum atomic E-state index is -5.08. The molecule has 0 spiro atoms. The third-order valence-electron chi connectivity index (χ3n) is 5.48. The van der Waals surface area contributed by atoms with Gasteiger partial charge in [-0.2, -0.15) is 26.3 Å². The molecular weight excluding hydrogens is 672 g/mol. The van der Waals surface area contributed by atoms with Crippen LogP contribution in [-0.4, -0.2) is 69.7 Å². The average molecular weight is 698 g/mol. The lowest BCUT2D eigenvalue weighted by atomic mass is 10.2. The van der Waals surface area contributed by atoms with Gasteiger partial charge in [0.25, 0.3) is 5.91 Å². The molecule has 4 aromatic rings. The van der Waals surface area contributed by atoms with Crippen molar-refractivity contribution in [1.82, 2.24) is 14.9 Å². The number of primary amides is 1. The smallest absolute Gasteiger partial charge is 0.490 e. The highest BCUT2D eigenvalue weighted by Crippen LogP contribution is 2.34. The number of carbonyl (C=O) groups excluding carboxylic acids is 1. The van der Waals surface area contributed by atoms with Crippen molar-refractivity contribution < 1.29 is 55.7 Å². The number of benzene rings is 2. The van der Waals surface area contributed by atoms with E-state index in [1.807, 2.05) is 47.0 Å². The molecule has 46 heavy (non-hydrogen) atoms. The summed E-state index contributed by atoms with van der Waals surface area (Å²) in [4.78, 5) is 34.7. The zero-order valence-corrected chi connectivity index (χ0v) is 24.9. The van der Waals surface area contributed by atoms with Crippen LogP contribution in [0.25, 0.3) is 16.0 Å². The number of halogens is 7. The largest absolute Gasteiger partial charge is 0.491 e. The summed E-state index contributed by atoms with van der Waals surface area (Å²) in [5.41, 5.74) is 15.1. The Balaban J connectivity index is 0.000000440. The molecule has 0 aliphatic carbocycles. The molecule has 0 unspecified atom stereocenters. The lowest BCUT2D eigenvalue weighted by Gasteiger charge is -2.07. The Morgan fingerprint density at radius 1 is 1.00 bits per heavy atom. The van der Waals surface area contributed by atoms with Gasteiger partial charge in [0, 0.05) is 37.1 Å². The van der Waals surface area contributed by atoms with Gasteiger partial charge in [-0.15, -0.1) is 11.3 Å². The van der Waals surface area contributed by atoms with Gasteiger partial charge in [-0.05, 0) is 29.3 Å². The molecule has 4 rings (SSSR count). The number of imidazole rings is 1. The number of amides is 1. The van der Waals surface area contributed by atoms with Gasteiger partial charge >= 0.3 is 24.3 Å². The second-order valence-corrected chi connectivity index (χ2v) is 10.3. The van der Waals surface area contributed by atoms with E-state index in [-0.39, 0.29) is 0 Å². The van der Waals surface area contributed by atoms with Crippen LogP contribution in [0, 0.1) is 0 Å². The Bertz CT molecular complexity index is 1620. The van der Waals surface area contributed by atoms with E-state index < -0.39 is 30.2 Å². The monoisotopic (exact) mass is 697 g/mol. The first-order valence-corrected chi connectivity index (χ1v) is 13.9. The number of carboxylic acid groups (broad SMARTS) is 2. The molecule has 0 radical (unpaired) electrons. The average Bonchev–Trinajstić information content (AvgIpc) is 3.58. The Morgan fingerprint density at radius 2 is 1.61 bits per heavy atom. The van der Waals surface area contributed by atoms with Crippen molar-refractivity contribution in [2.75, 3.05) is 19.7 Å². The zero-order chi connectivity index (χ0) is 34.7. The Hall–Kier alpha value is -4.39. The first-order valence-electron chi connectivity index (χ1n) is 12.7. The predicted molar refractivity (Wildman–Crippen MR) is 156 cm³/mol. The fraction of sp³-hybridized carbons (Fsp3) is 0.259. The molecule has 0 saturated heterocycles. The number of carboxylic acids is 2. The minimum Gasteiger partial charge on any atom is -0.491 e. The fourth-order valence-corrected chi connectivity index (χ4v) is 4.57. The molecule has 2 heterocycles. The molecule has 11 nitrogen and oxygen atoms in total. The molecule has 0 bridgehead atoms. The van der Waals surface area contributed by atoms with Gasteiger partial charge in [0.15, 0.2) is 0 Å². The molecular formula is C27H26ClF6N5O6S. The van der Waals surface area contributed by atoms with E-state index in [9.17, 15) is 31.1 Å². The van der Waals surface area contributed by atoms with Crippen LogP contribution < -0.4 is 21.5 Å². The molecule has 19 heteroatoms. The van der Waals surface area contributed by atoms with E-state index in [2.05, 4.69) is 16.4 Å². The first kappa shape index (κ1) is 37.8. The third-order valence-corrected chi connectivity index (χ3v) is 6.98. The van der Waals surface area contributed by atoms with Gasteiger partial charge in [0.1, 0.15) is 22.0 Å². The molecule has 2 aromatic carbocycles. The van der Waals surface area contributed by atoms with E-state index in [0.717, 1.165) is 33.7 Å². The Kier molecular flexibility index (Phi) is 13.8. The van der Waals surface area contributed by atoms with Crippen LogP contribution in [0.15, 0.2) is 54.9 Å². The number of aliphatic carboxylic acids is 2. The van der Waals surface area contributed by atoms with Crippen molar-refractivity contribution in [3.05, 3.63) is 75.9 Å². The molecule has 0 aliphatic heterocycles. The highest BCUT2D eigenvalue weighted by atomic mass is 35.5. The van der Waals surface area contributed by atoms with Crippen LogP contribution in [-0.2, 0) is 22.6 Å². The quantitative estimate of drug-likeness (QED) is 0.115. The summed E-state index contributed by atoms with van der Waals surface area (Å²) in [5.74, 6) is -5.57. The summed E-state index contributed by atoms with van der Waals surface area (Å²) < 4.78 is 71.3. The van der Waals surface area contributed by atoms with E-state index in [1.165, 1.54) is 11.3 Å². The summed E-state index contributed by atoms with van der Waals surface area (Å²) >= 11 is 7.50. The Morgan fingerprint density at radius 3 is 2.15 bits per heavy atom. The van der Waals surface area contributed by atoms with Crippen LogP contribution in [0.2, 0.25) is 5.02 Å². The summed E-state index contributed by atoms with van der Waals surface area (Å²) in [7, 11) is 0. The third kappa shape index (κ3) is 11.5. The number of nitrogens with zero attached hydrogens (tertiary/aromatic N) is 2. The maximum atomic E-state index is 12.0. The number of aromatic nitrogens is 2. The molecule has 0 aliphatic rings. The summed E-state index contributed by atoms with van der Waals surface area (Å²) in [6.07, 6.45) is -7.80. The Labute approximate surface area is 265 Å². The summed E-state index contributed by atoms with van der Waals surface area (Å²) in [6.45, 7) is 2.43. The lowest BCUT2D eigenvalue weighted by Crippen LogP contribution is -2.21. The topological polar surface area (TPSA) is 183 Å². The second kappa shape index (κ2) is 16.8. The van der Waals surface area contributed by atoms with Crippen LogP contribution in [0.1, 0.15) is 20.8 Å². The molecule has 7 N–H and O–H groups in total. The van der Waals surface area contributed by atoms with Gasteiger partial charge in [0.05, 0.1) is 17.6 Å². The number of alkyl halides is 6. The number of nitrogens with two attached hydrogens (primary N) is 2. The van der Waals surface area contributed by atoms with Crippen molar-refractivity contribution in [3.8, 4) is 10.8 Å². The number of hydrogen-bond acceptors (Lipinski definition) is 8. The van der Waals surface area contributed by atoms with E-state index >= 15 is 0 Å². The predicted octanol–water partition coefficient (Wildman–Crippen LogP) is 4.78. The van der Waals surface area contributed by atoms with Crippen LogP contribution in [0.4, 0.5) is 26.3 Å². The lowest BCUT2D eigenvalue weighted by molar-refractivity contribution is -0.193. The van der Waals surface area contributed by atoms with E-state index in [1.54, 1.807) is 6.33 Å². The highest BCUT2D eigenvalue weighted by molar-refractivity contribution is 7.16. The van der Waals surface area contributed by atoms with Crippen LogP contribution in [0.5, 0.6) is 5.75 Å². The van der Waals surface area contributed by atoms with Gasteiger partial charge in [-0.3, -0.25) is 9.36 Å². The SMILES string of the molecule is NCCNCc1ccc2ncn(-c3cc(OCCc4ccccc4Cl)c(C(N)=O)s3)c2c1.O=C(O)C(F)(F)F.O=C(O)C(F)(F)F. The maximum Gasteiger partial charge on any atom is 0.490 e. The van der Waals surface area contributed by atoms with Gasteiger partial charge in [-0.25, -0.2) is 14.6 Å². The molecule has 0 atom stereocenters. The summed E-state index contributed by atoms with van der Waals surface area (Å²) in [5, 5.41) is 19.0. The second-order valence-electron chi connectivity index (χ2n) is 8.84. The number of rotatable bonds is 10. The van der Waals surface area contributed by atoms with E-state index in [0.29, 0.717) is 41.8 Å². The number of thiophene rings is 1. The molecule has 0 fully saturated rings. The zero-order valence-electron chi connectivity index (χ0n) is 23.4. The van der Waals surface area contributed by atoms with E-state index in [4.69, 9.17) is 47.6 Å². The van der Waals surface area contributed by atoms with Crippen molar-refractivity contribution in [2.24, 2.45) is 11.5 Å². The minimum absolute atomic E-state index is 0.377. The van der Waals surface area contributed by atoms with Crippen LogP contribution in [0.3, 0.4) is 0 Å². The molecule has 250 valence electrons. The number of fused-ring (bicyclic) bond motifs is 1. The first-order chi connectivity index (χ1) is 21.4. The standard InChI is InChI=1S/C23H24ClN5O2S.2C2HF3O2/c24-17-4-2-1-3-16(17)7-10-31-20-12-21(32-22(20)23(26)30)29-14-28-18-6-5-15(11-19(18)29)13-27-9-8-25;2*3-2(4,5)1(6)7/h1-6,11-12,14,27H,7-10,13,25H2,(H2,26,30);2*(H,6,7). The molecule has 2 aromatic heterocycles. The number of nitrogens with one attached hydrogen (secondary N) is 1. The van der Waals surface area contributed by atoms with Crippen molar-refractivity contribution >= 4 is 51.8 Å².